The van der Waals surface area contributed by atoms with Crippen molar-refractivity contribution in [3.8, 4) is 0 Å². The molecule has 0 spiro atoms. The number of ether oxygens (including phenoxy) is 3. The van der Waals surface area contributed by atoms with Crippen LogP contribution in [0.3, 0.4) is 0 Å². The van der Waals surface area contributed by atoms with Gasteiger partial charge < -0.3 is 24.4 Å². The molecule has 1 aliphatic carbocycles. The van der Waals surface area contributed by atoms with E-state index in [1.165, 1.54) is 0 Å². The van der Waals surface area contributed by atoms with Crippen molar-refractivity contribution < 1.29 is 24.4 Å². The summed E-state index contributed by atoms with van der Waals surface area (Å²) in [6.45, 7) is 8.44. The molecule has 128 valence electrons. The normalized spacial score (nSPS) is 55.4. The zero-order valence-corrected chi connectivity index (χ0v) is 14.1. The predicted octanol–water partition coefficient (Wildman–Crippen LogP) is 2.25. The van der Waals surface area contributed by atoms with Crippen LogP contribution in [-0.2, 0) is 14.2 Å². The maximum Gasteiger partial charge on any atom is 0.193 e. The van der Waals surface area contributed by atoms with Crippen LogP contribution >= 0.6 is 0 Å². The third kappa shape index (κ3) is 2.51. The summed E-state index contributed by atoms with van der Waals surface area (Å²) in [5, 5.41) is 22.0. The fourth-order valence-corrected chi connectivity index (χ4v) is 4.89. The highest BCUT2D eigenvalue weighted by molar-refractivity contribution is 5.06. The van der Waals surface area contributed by atoms with E-state index in [1.54, 1.807) is 6.92 Å². The highest BCUT2D eigenvalue weighted by atomic mass is 16.8. The molecule has 0 aromatic heterocycles. The Bertz CT molecular complexity index is 412. The summed E-state index contributed by atoms with van der Waals surface area (Å²) in [6, 6.07) is 0. The molecule has 0 bridgehead atoms. The first-order valence-corrected chi connectivity index (χ1v) is 8.69. The van der Waals surface area contributed by atoms with Gasteiger partial charge in [0.05, 0.1) is 0 Å². The Morgan fingerprint density at radius 1 is 1.14 bits per heavy atom. The van der Waals surface area contributed by atoms with E-state index in [2.05, 4.69) is 13.8 Å². The fourth-order valence-electron chi connectivity index (χ4n) is 4.89. The first kappa shape index (κ1) is 16.7. The monoisotopic (exact) mass is 314 g/mol. The number of hydrogen-bond acceptors (Lipinski definition) is 5. The molecule has 1 saturated carbocycles. The summed E-state index contributed by atoms with van der Waals surface area (Å²) in [6.07, 6.45) is 2.11. The van der Waals surface area contributed by atoms with Crippen molar-refractivity contribution in [2.45, 2.75) is 77.3 Å². The quantitative estimate of drug-likeness (QED) is 0.818. The molecule has 8 atom stereocenters. The average molecular weight is 314 g/mol. The van der Waals surface area contributed by atoms with Gasteiger partial charge >= 0.3 is 0 Å². The summed E-state index contributed by atoms with van der Waals surface area (Å²) in [5.74, 6) is -0.573. The zero-order chi connectivity index (χ0) is 16.1. The van der Waals surface area contributed by atoms with Gasteiger partial charge in [0.15, 0.2) is 18.4 Å². The van der Waals surface area contributed by atoms with Crippen molar-refractivity contribution in [2.75, 3.05) is 6.61 Å². The summed E-state index contributed by atoms with van der Waals surface area (Å²) in [5.41, 5.74) is -1.04. The molecule has 2 heterocycles. The van der Waals surface area contributed by atoms with Crippen LogP contribution in [0, 0.1) is 23.7 Å². The smallest absolute Gasteiger partial charge is 0.193 e. The maximum absolute atomic E-state index is 11.6. The Balaban J connectivity index is 1.98. The van der Waals surface area contributed by atoms with Gasteiger partial charge in [0.2, 0.25) is 0 Å². The Kier molecular flexibility index (Phi) is 4.32. The van der Waals surface area contributed by atoms with E-state index in [-0.39, 0.29) is 24.0 Å². The highest BCUT2D eigenvalue weighted by Crippen LogP contribution is 2.55. The number of rotatable bonds is 2. The molecule has 0 amide bonds. The van der Waals surface area contributed by atoms with E-state index in [9.17, 15) is 10.2 Å². The van der Waals surface area contributed by atoms with Crippen molar-refractivity contribution in [3.05, 3.63) is 0 Å². The lowest BCUT2D eigenvalue weighted by molar-refractivity contribution is -0.407. The Morgan fingerprint density at radius 3 is 2.55 bits per heavy atom. The second kappa shape index (κ2) is 5.71. The van der Waals surface area contributed by atoms with Gasteiger partial charge in [0, 0.05) is 24.9 Å². The minimum atomic E-state index is -1.26. The van der Waals surface area contributed by atoms with Crippen LogP contribution in [0.1, 0.15) is 53.4 Å². The lowest BCUT2D eigenvalue weighted by Crippen LogP contribution is -2.67. The molecule has 0 radical (unpaired) electrons. The van der Waals surface area contributed by atoms with Gasteiger partial charge in [0.1, 0.15) is 5.60 Å². The first-order chi connectivity index (χ1) is 10.3. The molecular weight excluding hydrogens is 284 g/mol. The average Bonchev–Trinajstić information content (AvgIpc) is 2.53. The fraction of sp³-hybridized carbons (Fsp3) is 1.00. The van der Waals surface area contributed by atoms with E-state index in [0.29, 0.717) is 18.9 Å². The van der Waals surface area contributed by atoms with Crippen LogP contribution in [-0.4, -0.2) is 40.8 Å². The van der Waals surface area contributed by atoms with Crippen molar-refractivity contribution in [1.82, 2.24) is 0 Å². The molecule has 3 aliphatic rings. The van der Waals surface area contributed by atoms with Crippen LogP contribution in [0.5, 0.6) is 0 Å². The van der Waals surface area contributed by atoms with Gasteiger partial charge in [-0.3, -0.25) is 0 Å². The molecule has 2 aliphatic heterocycles. The van der Waals surface area contributed by atoms with E-state index < -0.39 is 17.7 Å². The minimum absolute atomic E-state index is 0.0814. The second-order valence-corrected chi connectivity index (χ2v) is 7.64. The van der Waals surface area contributed by atoms with Crippen molar-refractivity contribution in [3.63, 3.8) is 0 Å². The molecule has 3 fully saturated rings. The van der Waals surface area contributed by atoms with Gasteiger partial charge in [-0.2, -0.15) is 0 Å². The summed E-state index contributed by atoms with van der Waals surface area (Å²) < 4.78 is 17.5. The summed E-state index contributed by atoms with van der Waals surface area (Å²) >= 11 is 0. The molecule has 2 saturated heterocycles. The van der Waals surface area contributed by atoms with Crippen LogP contribution < -0.4 is 0 Å². The van der Waals surface area contributed by atoms with E-state index in [1.807, 2.05) is 6.92 Å². The molecule has 3 rings (SSSR count). The predicted molar refractivity (Wildman–Crippen MR) is 80.7 cm³/mol. The third-order valence-electron chi connectivity index (χ3n) is 6.12. The van der Waals surface area contributed by atoms with Crippen molar-refractivity contribution in [1.29, 1.82) is 0 Å². The van der Waals surface area contributed by atoms with E-state index in [0.717, 1.165) is 19.3 Å². The van der Waals surface area contributed by atoms with Gasteiger partial charge in [-0.25, -0.2) is 0 Å². The summed E-state index contributed by atoms with van der Waals surface area (Å²) in [4.78, 5) is 0. The topological polar surface area (TPSA) is 68.2 Å². The van der Waals surface area contributed by atoms with Gasteiger partial charge in [-0.15, -0.1) is 0 Å². The van der Waals surface area contributed by atoms with Crippen LogP contribution in [0.2, 0.25) is 0 Å². The number of aliphatic hydroxyl groups is 2. The van der Waals surface area contributed by atoms with Crippen molar-refractivity contribution >= 4 is 0 Å². The molecular formula is C17H30O5. The molecule has 0 aromatic carbocycles. The second-order valence-electron chi connectivity index (χ2n) is 7.64. The Hall–Kier alpha value is -0.200. The standard InChI is InChI=1S/C17H30O5/c1-5-20-14-11(3)13-7-6-10(2)12-8-9-16(4,18)22-15(21-14)17(12,13)19/h10-15,18-19H,5-9H2,1-4H3/t10-,11-,12?,13?,14?,15-,16+,17-/m1/s1. The third-order valence-corrected chi connectivity index (χ3v) is 6.12. The Labute approximate surface area is 132 Å². The van der Waals surface area contributed by atoms with Gasteiger partial charge in [-0.05, 0) is 44.9 Å². The molecule has 5 heteroatoms. The molecule has 3 unspecified atom stereocenters. The van der Waals surface area contributed by atoms with E-state index >= 15 is 0 Å². The summed E-state index contributed by atoms with van der Waals surface area (Å²) in [7, 11) is 0. The maximum atomic E-state index is 11.6. The van der Waals surface area contributed by atoms with Gasteiger partial charge in [-0.1, -0.05) is 13.8 Å². The first-order valence-electron chi connectivity index (χ1n) is 8.69. The molecule has 22 heavy (non-hydrogen) atoms. The minimum Gasteiger partial charge on any atom is -0.384 e. The van der Waals surface area contributed by atoms with Crippen LogP contribution in [0.25, 0.3) is 0 Å². The van der Waals surface area contributed by atoms with E-state index in [4.69, 9.17) is 14.2 Å². The highest BCUT2D eigenvalue weighted by Gasteiger charge is 2.63. The number of hydrogen-bond donors (Lipinski definition) is 2. The largest absolute Gasteiger partial charge is 0.384 e. The lowest BCUT2D eigenvalue weighted by atomic mass is 9.58. The lowest BCUT2D eigenvalue weighted by Gasteiger charge is -2.57. The Morgan fingerprint density at radius 2 is 1.86 bits per heavy atom. The van der Waals surface area contributed by atoms with Crippen LogP contribution in [0.4, 0.5) is 0 Å². The molecule has 2 N–H and O–H groups in total. The molecule has 0 aromatic rings. The van der Waals surface area contributed by atoms with Gasteiger partial charge in [0.25, 0.3) is 0 Å². The zero-order valence-electron chi connectivity index (χ0n) is 14.1. The SMILES string of the molecule is CCOC1O[C@@H]2O[C@](C)(O)CCC3[C@H](C)CCC([C@H]1C)[C@]32O. The molecule has 5 nitrogen and oxygen atoms in total. The van der Waals surface area contributed by atoms with Crippen LogP contribution in [0.15, 0.2) is 0 Å². The van der Waals surface area contributed by atoms with Crippen molar-refractivity contribution in [2.24, 2.45) is 23.7 Å².